The largest absolute Gasteiger partial charge is 0.338 e. The van der Waals surface area contributed by atoms with Crippen LogP contribution in [0.4, 0.5) is 0 Å². The zero-order valence-corrected chi connectivity index (χ0v) is 13.4. The summed E-state index contributed by atoms with van der Waals surface area (Å²) in [5.74, 6) is 0.342. The first-order chi connectivity index (χ1) is 11.1. The number of carbonyl (C=O) groups is 1. The first kappa shape index (κ1) is 15.7. The van der Waals surface area contributed by atoms with Gasteiger partial charge in [0.25, 0.3) is 11.5 Å². The molecule has 0 aliphatic carbocycles. The lowest BCUT2D eigenvalue weighted by atomic mass is 9.91. The van der Waals surface area contributed by atoms with Gasteiger partial charge >= 0.3 is 0 Å². The number of nitrogens with zero attached hydrogens (tertiary/aromatic N) is 2. The Hall–Kier alpha value is -2.14. The summed E-state index contributed by atoms with van der Waals surface area (Å²) in [7, 11) is 0. The number of carbonyl (C=O) groups excluding carboxylic acids is 1. The Balaban J connectivity index is 1.69. The third kappa shape index (κ3) is 3.79. The summed E-state index contributed by atoms with van der Waals surface area (Å²) < 4.78 is 0. The maximum absolute atomic E-state index is 12.6. The summed E-state index contributed by atoms with van der Waals surface area (Å²) in [6.07, 6.45) is 8.08. The van der Waals surface area contributed by atoms with E-state index in [-0.39, 0.29) is 16.5 Å². The molecule has 0 saturated carbocycles. The number of halogens is 1. The Labute approximate surface area is 139 Å². The highest BCUT2D eigenvalue weighted by Crippen LogP contribution is 2.22. The van der Waals surface area contributed by atoms with Crippen molar-refractivity contribution in [2.45, 2.75) is 19.3 Å². The maximum Gasteiger partial charge on any atom is 0.266 e. The Kier molecular flexibility index (Phi) is 4.76. The molecule has 2 aromatic heterocycles. The van der Waals surface area contributed by atoms with Gasteiger partial charge in [-0.05, 0) is 42.9 Å². The predicted octanol–water partition coefficient (Wildman–Crippen LogP) is 2.52. The average molecular weight is 332 g/mol. The van der Waals surface area contributed by atoms with Gasteiger partial charge < -0.3 is 9.88 Å². The Morgan fingerprint density at radius 1 is 1.48 bits per heavy atom. The Morgan fingerprint density at radius 2 is 2.35 bits per heavy atom. The van der Waals surface area contributed by atoms with E-state index >= 15 is 0 Å². The van der Waals surface area contributed by atoms with Crippen molar-refractivity contribution in [2.24, 2.45) is 5.92 Å². The molecule has 0 bridgehead atoms. The van der Waals surface area contributed by atoms with E-state index in [4.69, 9.17) is 11.6 Å². The normalized spacial score (nSPS) is 18.0. The summed E-state index contributed by atoms with van der Waals surface area (Å²) >= 11 is 5.81. The second kappa shape index (κ2) is 6.96. The SMILES string of the molecule is O=C(c1c[nH]c(=O)c(Cl)c1)N1CCCC(Cc2cccnc2)C1. The molecule has 3 heterocycles. The zero-order chi connectivity index (χ0) is 16.2. The number of amides is 1. The minimum Gasteiger partial charge on any atom is -0.338 e. The van der Waals surface area contributed by atoms with Crippen molar-refractivity contribution in [3.8, 4) is 0 Å². The van der Waals surface area contributed by atoms with E-state index in [1.807, 2.05) is 17.2 Å². The molecule has 0 spiro atoms. The van der Waals surface area contributed by atoms with Gasteiger partial charge in [0, 0.05) is 31.7 Å². The Bertz CT molecular complexity index is 745. The topological polar surface area (TPSA) is 66.1 Å². The molecule has 1 amide bonds. The summed E-state index contributed by atoms with van der Waals surface area (Å²) in [4.78, 5) is 32.4. The van der Waals surface area contributed by atoms with E-state index in [0.717, 1.165) is 25.8 Å². The van der Waals surface area contributed by atoms with Gasteiger partial charge in [-0.1, -0.05) is 17.7 Å². The number of pyridine rings is 2. The summed E-state index contributed by atoms with van der Waals surface area (Å²) in [5, 5.41) is 0.0415. The molecule has 5 nitrogen and oxygen atoms in total. The van der Waals surface area contributed by atoms with E-state index in [0.29, 0.717) is 18.0 Å². The number of aromatic nitrogens is 2. The number of nitrogens with one attached hydrogen (secondary N) is 1. The van der Waals surface area contributed by atoms with Gasteiger partial charge in [0.15, 0.2) is 0 Å². The standard InChI is InChI=1S/C17H18ClN3O2/c18-15-8-14(10-20-16(15)22)17(23)21-6-2-4-13(11-21)7-12-3-1-5-19-9-12/h1,3,5,8-10,13H,2,4,6-7,11H2,(H,20,22). The van der Waals surface area contributed by atoms with Gasteiger partial charge in [0.1, 0.15) is 5.02 Å². The molecule has 1 saturated heterocycles. The molecule has 0 radical (unpaired) electrons. The maximum atomic E-state index is 12.6. The first-order valence-corrected chi connectivity index (χ1v) is 8.07. The number of rotatable bonds is 3. The molecule has 120 valence electrons. The van der Waals surface area contributed by atoms with Crippen LogP contribution in [0, 0.1) is 5.92 Å². The minimum atomic E-state index is -0.378. The van der Waals surface area contributed by atoms with Gasteiger partial charge in [0.05, 0.1) is 5.56 Å². The first-order valence-electron chi connectivity index (χ1n) is 7.70. The molecule has 0 aromatic carbocycles. The molecule has 1 unspecified atom stereocenters. The third-order valence-corrected chi connectivity index (χ3v) is 4.44. The van der Waals surface area contributed by atoms with Crippen molar-refractivity contribution in [1.29, 1.82) is 0 Å². The molecule has 6 heteroatoms. The number of piperidine rings is 1. The fourth-order valence-electron chi connectivity index (χ4n) is 3.03. The fraction of sp³-hybridized carbons (Fsp3) is 0.353. The van der Waals surface area contributed by atoms with Gasteiger partial charge in [-0.3, -0.25) is 14.6 Å². The van der Waals surface area contributed by atoms with Crippen molar-refractivity contribution in [3.63, 3.8) is 0 Å². The predicted molar refractivity (Wildman–Crippen MR) is 88.6 cm³/mol. The van der Waals surface area contributed by atoms with Crippen molar-refractivity contribution < 1.29 is 4.79 Å². The van der Waals surface area contributed by atoms with Crippen LogP contribution in [-0.4, -0.2) is 33.9 Å². The van der Waals surface area contributed by atoms with Crippen LogP contribution in [0.5, 0.6) is 0 Å². The Morgan fingerprint density at radius 3 is 3.09 bits per heavy atom. The molecule has 1 fully saturated rings. The van der Waals surface area contributed by atoms with Crippen LogP contribution in [0.15, 0.2) is 41.6 Å². The quantitative estimate of drug-likeness (QED) is 0.939. The van der Waals surface area contributed by atoms with Crippen LogP contribution in [0.1, 0.15) is 28.8 Å². The van der Waals surface area contributed by atoms with E-state index in [1.165, 1.54) is 17.8 Å². The fourth-order valence-corrected chi connectivity index (χ4v) is 3.20. The van der Waals surface area contributed by atoms with Crippen molar-refractivity contribution in [2.75, 3.05) is 13.1 Å². The monoisotopic (exact) mass is 331 g/mol. The lowest BCUT2D eigenvalue weighted by molar-refractivity contribution is 0.0673. The number of H-pyrrole nitrogens is 1. The molecule has 1 aliphatic rings. The van der Waals surface area contributed by atoms with E-state index in [1.54, 1.807) is 6.20 Å². The van der Waals surface area contributed by atoms with Gasteiger partial charge in [-0.2, -0.15) is 0 Å². The lowest BCUT2D eigenvalue weighted by Crippen LogP contribution is -2.40. The third-order valence-electron chi connectivity index (χ3n) is 4.16. The lowest BCUT2D eigenvalue weighted by Gasteiger charge is -2.33. The highest BCUT2D eigenvalue weighted by molar-refractivity contribution is 6.30. The zero-order valence-electron chi connectivity index (χ0n) is 12.7. The van der Waals surface area contributed by atoms with Gasteiger partial charge in [-0.15, -0.1) is 0 Å². The van der Waals surface area contributed by atoms with Crippen LogP contribution in [0.25, 0.3) is 0 Å². The summed E-state index contributed by atoms with van der Waals surface area (Å²) in [6, 6.07) is 5.44. The summed E-state index contributed by atoms with van der Waals surface area (Å²) in [6.45, 7) is 1.45. The van der Waals surface area contributed by atoms with Gasteiger partial charge in [-0.25, -0.2) is 0 Å². The van der Waals surface area contributed by atoms with Gasteiger partial charge in [0.2, 0.25) is 0 Å². The molecule has 1 N–H and O–H groups in total. The van der Waals surface area contributed by atoms with E-state index in [2.05, 4.69) is 16.0 Å². The molecular formula is C17H18ClN3O2. The van der Waals surface area contributed by atoms with Crippen LogP contribution in [-0.2, 0) is 6.42 Å². The van der Waals surface area contributed by atoms with Crippen LogP contribution >= 0.6 is 11.6 Å². The van der Waals surface area contributed by atoms with Crippen molar-refractivity contribution in [3.05, 3.63) is 63.3 Å². The number of hydrogen-bond donors (Lipinski definition) is 1. The molecular weight excluding hydrogens is 314 g/mol. The van der Waals surface area contributed by atoms with Crippen molar-refractivity contribution in [1.82, 2.24) is 14.9 Å². The number of aromatic amines is 1. The number of hydrogen-bond acceptors (Lipinski definition) is 3. The summed E-state index contributed by atoms with van der Waals surface area (Å²) in [5.41, 5.74) is 1.24. The average Bonchev–Trinajstić information content (AvgIpc) is 2.58. The minimum absolute atomic E-state index is 0.0415. The molecule has 2 aromatic rings. The van der Waals surface area contributed by atoms with E-state index < -0.39 is 0 Å². The molecule has 1 atom stereocenters. The van der Waals surface area contributed by atoms with E-state index in [9.17, 15) is 9.59 Å². The smallest absolute Gasteiger partial charge is 0.266 e. The van der Waals surface area contributed by atoms with Crippen LogP contribution in [0.3, 0.4) is 0 Å². The van der Waals surface area contributed by atoms with Crippen LogP contribution < -0.4 is 5.56 Å². The molecule has 3 rings (SSSR count). The highest BCUT2D eigenvalue weighted by atomic mass is 35.5. The van der Waals surface area contributed by atoms with Crippen molar-refractivity contribution >= 4 is 17.5 Å². The highest BCUT2D eigenvalue weighted by Gasteiger charge is 2.25. The second-order valence-corrected chi connectivity index (χ2v) is 6.30. The van der Waals surface area contributed by atoms with Crippen LogP contribution in [0.2, 0.25) is 5.02 Å². The second-order valence-electron chi connectivity index (χ2n) is 5.89. The number of likely N-dealkylation sites (tertiary alicyclic amines) is 1. The molecule has 23 heavy (non-hydrogen) atoms. The molecule has 1 aliphatic heterocycles.